The van der Waals surface area contributed by atoms with Crippen molar-refractivity contribution in [2.45, 2.75) is 127 Å². The third kappa shape index (κ3) is 17.8. The molecule has 118 heavy (non-hydrogen) atoms. The van der Waals surface area contributed by atoms with Gasteiger partial charge in [0, 0.05) is 67.5 Å². The van der Waals surface area contributed by atoms with Crippen LogP contribution in [0.1, 0.15) is 114 Å². The number of morpholine rings is 1. The molecular formula is C82H78F9N13O11S3. The second kappa shape index (κ2) is 32.3. The monoisotopic (exact) mass is 1690 g/mol. The first kappa shape index (κ1) is 83.1. The lowest BCUT2D eigenvalue weighted by atomic mass is 9.86. The second-order valence-corrected chi connectivity index (χ2v) is 34.1. The molecule has 0 bridgehead atoms. The zero-order valence-corrected chi connectivity index (χ0v) is 66.3. The number of piperidine rings is 1. The Morgan fingerprint density at radius 2 is 0.941 bits per heavy atom. The van der Waals surface area contributed by atoms with E-state index in [1.165, 1.54) is 102 Å². The predicted octanol–water partition coefficient (Wildman–Crippen LogP) is 12.4. The van der Waals surface area contributed by atoms with Gasteiger partial charge in [0.25, 0.3) is 17.7 Å². The minimum absolute atomic E-state index is 0.0312. The van der Waals surface area contributed by atoms with Crippen molar-refractivity contribution in [1.82, 2.24) is 49.4 Å². The quantitative estimate of drug-likeness (QED) is 0.0324. The number of ether oxygens (including phenoxy) is 2. The van der Waals surface area contributed by atoms with Crippen LogP contribution in [-0.4, -0.2) is 192 Å². The number of thioether (sulfide) groups is 3. The number of alkyl halides is 9. The van der Waals surface area contributed by atoms with Crippen LogP contribution in [0.15, 0.2) is 157 Å². The number of piperazine rings is 1. The maximum atomic E-state index is 15.2. The molecule has 6 atom stereocenters. The summed E-state index contributed by atoms with van der Waals surface area (Å²) in [7, 11) is 0. The summed E-state index contributed by atoms with van der Waals surface area (Å²) in [6, 6.07) is 25.1. The largest absolute Gasteiger partial charge is 0.481 e. The molecule has 9 aromatic rings. The molecule has 0 radical (unpaired) electrons. The number of nitrogens with zero attached hydrogens (tertiary/aromatic N) is 12. The summed E-state index contributed by atoms with van der Waals surface area (Å²) in [5.41, 5.74) is -4.73. The first-order valence-corrected chi connectivity index (χ1v) is 40.0. The molecular weight excluding hydrogens is 1610 g/mol. The van der Waals surface area contributed by atoms with Crippen molar-refractivity contribution in [3.63, 3.8) is 0 Å². The van der Waals surface area contributed by atoms with Crippen molar-refractivity contribution in [3.8, 4) is 0 Å². The van der Waals surface area contributed by atoms with Crippen molar-refractivity contribution in [1.29, 1.82) is 0 Å². The van der Waals surface area contributed by atoms with E-state index in [1.807, 2.05) is 4.90 Å². The minimum atomic E-state index is -4.90. The van der Waals surface area contributed by atoms with Crippen molar-refractivity contribution >= 4 is 125 Å². The number of carbonyl (C=O) groups is 4. The summed E-state index contributed by atoms with van der Waals surface area (Å²) in [6.45, 7) is 7.48. The zero-order chi connectivity index (χ0) is 83.9. The van der Waals surface area contributed by atoms with Crippen molar-refractivity contribution in [2.24, 2.45) is 20.9 Å². The highest BCUT2D eigenvalue weighted by Crippen LogP contribution is 2.44. The number of likely N-dealkylation sites (tertiary alicyclic amines) is 1. The van der Waals surface area contributed by atoms with E-state index in [0.29, 0.717) is 84.3 Å². The molecule has 0 aliphatic carbocycles. The number of aromatic nitrogens is 6. The smallest absolute Gasteiger partial charge is 0.416 e. The molecule has 3 aromatic heterocycles. The molecule has 15 rings (SSSR count). The van der Waals surface area contributed by atoms with Gasteiger partial charge in [-0.15, -0.1) is 0 Å². The van der Waals surface area contributed by atoms with Gasteiger partial charge >= 0.3 is 24.5 Å². The number of fused-ring (bicyclic) bond motifs is 3. The normalized spacial score (nSPS) is 21.7. The highest BCUT2D eigenvalue weighted by atomic mass is 32.2. The van der Waals surface area contributed by atoms with Crippen LogP contribution in [0.25, 0.3) is 50.9 Å². The number of nitrogens with one attached hydrogen (secondary N) is 1. The van der Waals surface area contributed by atoms with Crippen LogP contribution in [-0.2, 0) is 83.6 Å². The van der Waals surface area contributed by atoms with Gasteiger partial charge in [0.05, 0.1) is 141 Å². The Kier molecular flexibility index (Phi) is 22.7. The number of aliphatic carboxylic acids is 1. The van der Waals surface area contributed by atoms with E-state index >= 15 is 26.3 Å². The summed E-state index contributed by atoms with van der Waals surface area (Å²) in [5, 5.41) is 72.2. The van der Waals surface area contributed by atoms with Gasteiger partial charge in [-0.2, -0.15) is 69.8 Å². The molecule has 6 unspecified atom stereocenters. The zero-order valence-electron chi connectivity index (χ0n) is 63.8. The second-order valence-electron chi connectivity index (χ2n) is 31.1. The lowest BCUT2D eigenvalue weighted by Gasteiger charge is -2.41. The maximum Gasteiger partial charge on any atom is 0.416 e. The van der Waals surface area contributed by atoms with Gasteiger partial charge in [-0.1, -0.05) is 54.6 Å². The molecule has 9 heterocycles. The van der Waals surface area contributed by atoms with Crippen molar-refractivity contribution in [2.75, 3.05) is 59.1 Å². The summed E-state index contributed by atoms with van der Waals surface area (Å²) < 4.78 is 150. The predicted molar refractivity (Wildman–Crippen MR) is 427 cm³/mol. The Bertz CT molecular complexity index is 5700. The number of carboxylic acids is 1. The standard InChI is InChI=1S/C82H78F9N13O11S3/c1-77(2,112)53-12-9-47(60(28-53)80(83,84)85)35-102-63-17-8-46(24-52(63)32-92-102)27-69-72(109)98-76(118-69)101-38-56(95-57(39-101)42-105)31-79(5,113)55-14-11-49(62(30-55)82(89,90)91)37-104-65-16-6-44(22-51(65)34-94-104)25-67-70(107)96-74(116-67)99-19-18-59(73(110)111)66(41-99)115-78(3,4)54-13-10-48(61(29-54)81(86,87)88)36-103-64-15-7-45(23-50(64)33-93-103)26-68-71(108)97-75(117-68)100-20-21-114-58(40-100)43-106/h6-17,22-30,32-34,56-59,66,95,105-106,112-113H,18-21,31,35-43H2,1-5H3,(H,110,111). The number of amides is 3. The average molecular weight is 1690 g/mol. The highest BCUT2D eigenvalue weighted by Gasteiger charge is 2.45. The maximum absolute atomic E-state index is 15.2. The summed E-state index contributed by atoms with van der Waals surface area (Å²) in [5.74, 6) is -3.89. The van der Waals surface area contributed by atoms with Crippen LogP contribution in [0.3, 0.4) is 0 Å². The van der Waals surface area contributed by atoms with E-state index in [0.717, 1.165) is 41.7 Å². The number of hydrogen-bond acceptors (Lipinski definition) is 20. The van der Waals surface area contributed by atoms with Crippen LogP contribution in [0.4, 0.5) is 39.5 Å². The molecule has 6 aliphatic heterocycles. The van der Waals surface area contributed by atoms with E-state index in [2.05, 4.69) is 35.6 Å². The van der Waals surface area contributed by atoms with Gasteiger partial charge < -0.3 is 55.0 Å². The number of aliphatic hydroxyl groups is 4. The lowest BCUT2D eigenvalue weighted by molar-refractivity contribution is -0.161. The SMILES string of the molecule is CC(C)(O)c1ccc(Cn2ncc3cc(C=C4SC(N5CC(CO)NC(CC(C)(O)c6ccc(Cn7ncc8cc(C=C9SC(N%10CCC(C(=O)O)C(OC(C)(C)c%11ccc(Cn%12ncc%13cc(C=C%14SC(N%15CCOC(CO)C%15)=NC%14=O)ccc%13%12)c(C(F)(F)F)c%11)C%10)=NC9=O)ccc87)c(C(F)(F)F)c6)C5)=NC4=O)ccc32)c(C(F)(F)F)c1. The molecule has 3 amide bonds. The van der Waals surface area contributed by atoms with Crippen LogP contribution in [0.5, 0.6) is 0 Å². The van der Waals surface area contributed by atoms with Crippen molar-refractivity contribution in [3.05, 3.63) is 209 Å². The number of carbonyl (C=O) groups excluding carboxylic acids is 3. The van der Waals surface area contributed by atoms with E-state index in [-0.39, 0.29) is 120 Å². The summed E-state index contributed by atoms with van der Waals surface area (Å²) >= 11 is 3.29. The Labute approximate surface area is 680 Å². The van der Waals surface area contributed by atoms with Gasteiger partial charge in [-0.3, -0.25) is 33.2 Å². The Morgan fingerprint density at radius 1 is 0.525 bits per heavy atom. The van der Waals surface area contributed by atoms with Gasteiger partial charge in [0.2, 0.25) is 0 Å². The fourth-order valence-electron chi connectivity index (χ4n) is 15.5. The molecule has 618 valence electrons. The molecule has 3 fully saturated rings. The fourth-order valence-corrected chi connectivity index (χ4v) is 18.3. The molecule has 6 aliphatic rings. The number of carboxylic acid groups (broad SMARTS) is 1. The van der Waals surface area contributed by atoms with Crippen LogP contribution >= 0.6 is 35.3 Å². The summed E-state index contributed by atoms with van der Waals surface area (Å²) in [4.78, 5) is 71.8. The van der Waals surface area contributed by atoms with Crippen LogP contribution in [0, 0.1) is 5.92 Å². The van der Waals surface area contributed by atoms with Crippen LogP contribution in [0.2, 0.25) is 0 Å². The topological polar surface area (TPSA) is 300 Å². The minimum Gasteiger partial charge on any atom is -0.481 e. The number of rotatable bonds is 19. The fraction of sp³-hybridized carbons (Fsp3) is 0.366. The number of aliphatic hydroxyl groups excluding tert-OH is 2. The molecule has 36 heteroatoms. The van der Waals surface area contributed by atoms with E-state index < -0.39 is 106 Å². The number of hydrogen-bond donors (Lipinski definition) is 6. The number of amidine groups is 3. The van der Waals surface area contributed by atoms with Gasteiger partial charge in [-0.05, 0) is 206 Å². The molecule has 0 spiro atoms. The number of benzene rings is 6. The molecule has 6 aromatic carbocycles. The first-order chi connectivity index (χ1) is 55.8. The number of halogens is 9. The average Bonchev–Trinajstić information content (AvgIpc) is 1.66. The van der Waals surface area contributed by atoms with Gasteiger partial charge in [0.1, 0.15) is 0 Å². The Hall–Kier alpha value is -10.0. The van der Waals surface area contributed by atoms with E-state index in [1.54, 1.807) is 96.5 Å². The van der Waals surface area contributed by atoms with Crippen molar-refractivity contribution < 1.29 is 93.7 Å². The Morgan fingerprint density at radius 3 is 1.37 bits per heavy atom. The molecule has 0 saturated carbocycles. The van der Waals surface area contributed by atoms with Crippen LogP contribution < -0.4 is 5.32 Å². The first-order valence-electron chi connectivity index (χ1n) is 37.6. The summed E-state index contributed by atoms with van der Waals surface area (Å²) in [6.07, 6.45) is -6.73. The third-order valence-corrected chi connectivity index (χ3v) is 24.8. The molecule has 6 N–H and O–H groups in total. The molecule has 3 saturated heterocycles. The third-order valence-electron chi connectivity index (χ3n) is 21.6. The molecule has 24 nitrogen and oxygen atoms in total. The van der Waals surface area contributed by atoms with Gasteiger partial charge in [0.15, 0.2) is 15.5 Å². The Balaban J connectivity index is 0.570. The highest BCUT2D eigenvalue weighted by molar-refractivity contribution is 8.19. The van der Waals surface area contributed by atoms with E-state index in [9.17, 15) is 57.9 Å². The number of aliphatic imine (C=N–C) groups is 3. The van der Waals surface area contributed by atoms with Gasteiger partial charge in [-0.25, -0.2) is 0 Å². The van der Waals surface area contributed by atoms with E-state index in [4.69, 9.17) is 9.47 Å². The lowest BCUT2D eigenvalue weighted by Crippen LogP contribution is -2.59.